The van der Waals surface area contributed by atoms with Crippen molar-refractivity contribution in [3.05, 3.63) is 65.5 Å². The highest BCUT2D eigenvalue weighted by Crippen LogP contribution is 2.31. The van der Waals surface area contributed by atoms with Crippen molar-refractivity contribution < 1.29 is 18.7 Å². The van der Waals surface area contributed by atoms with Crippen molar-refractivity contribution in [2.24, 2.45) is 5.92 Å². The van der Waals surface area contributed by atoms with Gasteiger partial charge in [-0.2, -0.15) is 0 Å². The quantitative estimate of drug-likeness (QED) is 0.646. The van der Waals surface area contributed by atoms with Gasteiger partial charge in [0.1, 0.15) is 11.6 Å². The predicted octanol–water partition coefficient (Wildman–Crippen LogP) is 3.51. The summed E-state index contributed by atoms with van der Waals surface area (Å²) in [6, 6.07) is 13.5. The van der Waals surface area contributed by atoms with Crippen LogP contribution in [0.5, 0.6) is 5.75 Å². The van der Waals surface area contributed by atoms with Gasteiger partial charge in [0.25, 0.3) is 5.91 Å². The molecule has 7 heteroatoms. The first-order chi connectivity index (χ1) is 16.6. The Kier molecular flexibility index (Phi) is 8.16. The van der Waals surface area contributed by atoms with Crippen molar-refractivity contribution in [1.82, 2.24) is 15.1 Å². The van der Waals surface area contributed by atoms with Gasteiger partial charge in [-0.05, 0) is 55.0 Å². The van der Waals surface area contributed by atoms with Gasteiger partial charge in [0, 0.05) is 38.3 Å². The summed E-state index contributed by atoms with van der Waals surface area (Å²) in [7, 11) is 1.66. The minimum atomic E-state index is -0.407. The van der Waals surface area contributed by atoms with E-state index < -0.39 is 5.82 Å². The van der Waals surface area contributed by atoms with Crippen molar-refractivity contribution in [3.63, 3.8) is 0 Å². The molecule has 2 aromatic rings. The van der Waals surface area contributed by atoms with E-state index in [-0.39, 0.29) is 17.9 Å². The van der Waals surface area contributed by atoms with Gasteiger partial charge < -0.3 is 15.0 Å². The number of carbonyl (C=O) groups is 2. The van der Waals surface area contributed by atoms with E-state index in [2.05, 4.69) is 10.2 Å². The van der Waals surface area contributed by atoms with E-state index >= 15 is 0 Å². The second-order valence-electron chi connectivity index (χ2n) is 9.18. The Labute approximate surface area is 201 Å². The van der Waals surface area contributed by atoms with Gasteiger partial charge in [-0.3, -0.25) is 14.5 Å². The summed E-state index contributed by atoms with van der Waals surface area (Å²) in [6.45, 7) is 2.91. The zero-order chi connectivity index (χ0) is 23.9. The highest BCUT2D eigenvalue weighted by Gasteiger charge is 2.37. The molecule has 0 aromatic heterocycles. The van der Waals surface area contributed by atoms with E-state index in [1.165, 1.54) is 12.1 Å². The lowest BCUT2D eigenvalue weighted by Crippen LogP contribution is -2.58. The van der Waals surface area contributed by atoms with Crippen LogP contribution >= 0.6 is 0 Å². The van der Waals surface area contributed by atoms with Crippen LogP contribution in [0.4, 0.5) is 4.39 Å². The molecule has 2 aromatic carbocycles. The Balaban J connectivity index is 1.36. The number of methoxy groups -OCH3 is 1. The molecule has 2 fully saturated rings. The Bertz CT molecular complexity index is 985. The van der Waals surface area contributed by atoms with Gasteiger partial charge >= 0.3 is 0 Å². The molecule has 0 radical (unpaired) electrons. The second-order valence-corrected chi connectivity index (χ2v) is 9.18. The third-order valence-corrected chi connectivity index (χ3v) is 7.07. The number of amides is 2. The standard InChI is InChI=1S/C27H34FN3O3/c1-34-24-12-5-4-7-20(24)13-14-29-26(32)25(21-8-2-3-9-21)30-15-17-31(18-16-30)27(33)22-10-6-11-23(28)19-22/h4-7,10-12,19,21,25H,2-3,8-9,13-18H2,1H3,(H,29,32). The number of nitrogens with one attached hydrogen (secondary N) is 1. The number of hydrogen-bond acceptors (Lipinski definition) is 4. The summed E-state index contributed by atoms with van der Waals surface area (Å²) in [5.74, 6) is 0.694. The lowest BCUT2D eigenvalue weighted by Gasteiger charge is -2.40. The lowest BCUT2D eigenvalue weighted by molar-refractivity contribution is -0.129. The molecule has 6 nitrogen and oxygen atoms in total. The van der Waals surface area contributed by atoms with Crippen molar-refractivity contribution >= 4 is 11.8 Å². The smallest absolute Gasteiger partial charge is 0.254 e. The van der Waals surface area contributed by atoms with E-state index in [4.69, 9.17) is 4.74 Å². The maximum Gasteiger partial charge on any atom is 0.254 e. The largest absolute Gasteiger partial charge is 0.496 e. The molecule has 0 spiro atoms. The summed E-state index contributed by atoms with van der Waals surface area (Å²) < 4.78 is 19.0. The van der Waals surface area contributed by atoms with Gasteiger partial charge in [0.2, 0.25) is 5.91 Å². The number of rotatable bonds is 8. The zero-order valence-electron chi connectivity index (χ0n) is 19.8. The minimum absolute atomic E-state index is 0.0757. The number of carbonyl (C=O) groups excluding carboxylic acids is 2. The summed E-state index contributed by atoms with van der Waals surface area (Å²) in [6.07, 6.45) is 5.16. The van der Waals surface area contributed by atoms with E-state index in [9.17, 15) is 14.0 Å². The monoisotopic (exact) mass is 467 g/mol. The molecule has 1 saturated carbocycles. The molecule has 2 amide bonds. The minimum Gasteiger partial charge on any atom is -0.496 e. The Morgan fingerprint density at radius 3 is 2.50 bits per heavy atom. The molecule has 1 aliphatic heterocycles. The number of nitrogens with zero attached hydrogens (tertiary/aromatic N) is 2. The summed E-state index contributed by atoms with van der Waals surface area (Å²) in [4.78, 5) is 30.1. The molecule has 1 aliphatic carbocycles. The average molecular weight is 468 g/mol. The fourth-order valence-corrected chi connectivity index (χ4v) is 5.29. The van der Waals surface area contributed by atoms with Crippen LogP contribution in [0.15, 0.2) is 48.5 Å². The molecule has 1 atom stereocenters. The number of halogens is 1. The van der Waals surface area contributed by atoms with Crippen LogP contribution in [-0.2, 0) is 11.2 Å². The molecule has 34 heavy (non-hydrogen) atoms. The molecule has 4 rings (SSSR count). The summed E-state index contributed by atoms with van der Waals surface area (Å²) >= 11 is 0. The number of piperazine rings is 1. The molecule has 1 N–H and O–H groups in total. The normalized spacial score (nSPS) is 18.0. The van der Waals surface area contributed by atoms with Gasteiger partial charge in [0.05, 0.1) is 13.2 Å². The summed E-state index contributed by atoms with van der Waals surface area (Å²) in [5.41, 5.74) is 1.45. The van der Waals surface area contributed by atoms with Crippen molar-refractivity contribution in [1.29, 1.82) is 0 Å². The van der Waals surface area contributed by atoms with Crippen molar-refractivity contribution in [2.45, 2.75) is 38.1 Å². The third-order valence-electron chi connectivity index (χ3n) is 7.07. The summed E-state index contributed by atoms with van der Waals surface area (Å²) in [5, 5.41) is 3.16. The van der Waals surface area contributed by atoms with Crippen LogP contribution in [0.2, 0.25) is 0 Å². The van der Waals surface area contributed by atoms with E-state index in [1.54, 1.807) is 24.1 Å². The fourth-order valence-electron chi connectivity index (χ4n) is 5.29. The molecule has 0 bridgehead atoms. The highest BCUT2D eigenvalue weighted by molar-refractivity contribution is 5.94. The highest BCUT2D eigenvalue weighted by atomic mass is 19.1. The maximum atomic E-state index is 13.5. The molecule has 1 heterocycles. The molecular weight excluding hydrogens is 433 g/mol. The van der Waals surface area contributed by atoms with Crippen LogP contribution in [0.1, 0.15) is 41.6 Å². The predicted molar refractivity (Wildman–Crippen MR) is 129 cm³/mol. The number of hydrogen-bond donors (Lipinski definition) is 1. The van der Waals surface area contributed by atoms with Crippen LogP contribution in [0.25, 0.3) is 0 Å². The van der Waals surface area contributed by atoms with Gasteiger partial charge in [0.15, 0.2) is 0 Å². The Morgan fingerprint density at radius 2 is 1.79 bits per heavy atom. The lowest BCUT2D eigenvalue weighted by atomic mass is 9.94. The van der Waals surface area contributed by atoms with E-state index in [1.807, 2.05) is 24.3 Å². The molecule has 1 unspecified atom stereocenters. The molecule has 182 valence electrons. The molecule has 2 aliphatic rings. The number of para-hydroxylation sites is 1. The van der Waals surface area contributed by atoms with Crippen LogP contribution in [0.3, 0.4) is 0 Å². The topological polar surface area (TPSA) is 61.9 Å². The average Bonchev–Trinajstić information content (AvgIpc) is 3.39. The SMILES string of the molecule is COc1ccccc1CCNC(=O)C(C1CCCC1)N1CCN(C(=O)c2cccc(F)c2)CC1. The second kappa shape index (κ2) is 11.5. The molecular formula is C27H34FN3O3. The van der Waals surface area contributed by atoms with Gasteiger partial charge in [-0.25, -0.2) is 4.39 Å². The first-order valence-corrected chi connectivity index (χ1v) is 12.3. The Hall–Kier alpha value is -2.93. The zero-order valence-corrected chi connectivity index (χ0v) is 19.8. The third kappa shape index (κ3) is 5.76. The maximum absolute atomic E-state index is 13.5. The Morgan fingerprint density at radius 1 is 1.06 bits per heavy atom. The van der Waals surface area contributed by atoms with Crippen LogP contribution in [0, 0.1) is 11.7 Å². The van der Waals surface area contributed by atoms with Crippen LogP contribution < -0.4 is 10.1 Å². The molecule has 1 saturated heterocycles. The first-order valence-electron chi connectivity index (χ1n) is 12.3. The van der Waals surface area contributed by atoms with Gasteiger partial charge in [-0.15, -0.1) is 0 Å². The van der Waals surface area contributed by atoms with Gasteiger partial charge in [-0.1, -0.05) is 37.1 Å². The van der Waals surface area contributed by atoms with Crippen LogP contribution in [-0.4, -0.2) is 67.5 Å². The number of benzene rings is 2. The number of ether oxygens (including phenoxy) is 1. The van der Waals surface area contributed by atoms with Crippen molar-refractivity contribution in [3.8, 4) is 5.75 Å². The van der Waals surface area contributed by atoms with Crippen molar-refractivity contribution in [2.75, 3.05) is 39.8 Å². The van der Waals surface area contributed by atoms with E-state index in [0.717, 1.165) is 37.0 Å². The fraction of sp³-hybridized carbons (Fsp3) is 0.481. The van der Waals surface area contributed by atoms with E-state index in [0.29, 0.717) is 50.6 Å². The first kappa shape index (κ1) is 24.2.